The molecule has 0 saturated carbocycles. The minimum atomic E-state index is -2.15. The molecule has 16 nitrogen and oxygen atoms in total. The normalized spacial score (nSPS) is 31.9. The van der Waals surface area contributed by atoms with Crippen LogP contribution in [0.15, 0.2) is 97.1 Å². The molecule has 0 bridgehead atoms. The molecule has 3 aliphatic heterocycles. The molecule has 4 aromatic carbocycles. The number of ether oxygens (including phenoxy) is 3. The maximum atomic E-state index is 14.4. The number of hydrogen-bond acceptors (Lipinski definition) is 14. The lowest BCUT2D eigenvalue weighted by molar-refractivity contribution is -0.303. The van der Waals surface area contributed by atoms with E-state index in [4.69, 9.17) is 14.2 Å². The summed E-state index contributed by atoms with van der Waals surface area (Å²) in [5, 5.41) is 91.6. The Bertz CT molecular complexity index is 2140. The standard InChI is InChI=1S/C41H42FNO15S/c42-23-13-10-20(11-14-23)28(57-41-35(51)32(48)34(50)37(58-41)40(53)54)18-59(55)38-29(43(39(38)52)24-4-2-1-3-5-24)25-15-12-22(16-26(25)45)19-6-8-21(9-7-19)36-33(49)31(47)30(46)27(17-44)56-36/h1-16,27-38,41,44-51H,17-18H2,(H,53,54)/t27-,28+,29-,30-,31+,32+,33-,34-,35?,36?,37?,38-,41-,59?/m1/s1. The number of carboxylic acid groups (broad SMARTS) is 1. The summed E-state index contributed by atoms with van der Waals surface area (Å²) < 4.78 is 45.2. The van der Waals surface area contributed by atoms with Crippen LogP contribution in [-0.2, 0) is 34.6 Å². The van der Waals surface area contributed by atoms with E-state index in [1.807, 2.05) is 0 Å². The van der Waals surface area contributed by atoms with Gasteiger partial charge in [-0.25, -0.2) is 9.18 Å². The Morgan fingerprint density at radius 3 is 2.07 bits per heavy atom. The number of phenols is 1. The molecule has 1 amide bonds. The predicted octanol–water partition coefficient (Wildman–Crippen LogP) is 0.568. The molecule has 3 aliphatic rings. The largest absolute Gasteiger partial charge is 0.508 e. The van der Waals surface area contributed by atoms with E-state index in [1.54, 1.807) is 66.7 Å². The number of anilines is 1. The Morgan fingerprint density at radius 2 is 1.44 bits per heavy atom. The van der Waals surface area contributed by atoms with E-state index in [0.29, 0.717) is 22.4 Å². The quantitative estimate of drug-likeness (QED) is 0.0884. The van der Waals surface area contributed by atoms with Crippen LogP contribution < -0.4 is 4.90 Å². The molecule has 314 valence electrons. The van der Waals surface area contributed by atoms with Crippen LogP contribution >= 0.6 is 0 Å². The third-order valence-corrected chi connectivity index (χ3v) is 12.5. The summed E-state index contributed by atoms with van der Waals surface area (Å²) in [6.45, 7) is -0.582. The lowest BCUT2D eigenvalue weighted by Gasteiger charge is -2.47. The summed E-state index contributed by atoms with van der Waals surface area (Å²) in [5.74, 6) is -3.58. The number of β-lactam (4-membered cyclic amide) rings is 1. The molecule has 0 aliphatic carbocycles. The maximum Gasteiger partial charge on any atom is 0.335 e. The number of amides is 1. The minimum Gasteiger partial charge on any atom is -0.508 e. The highest BCUT2D eigenvalue weighted by atomic mass is 32.2. The number of aromatic hydroxyl groups is 1. The molecule has 0 aromatic heterocycles. The highest BCUT2D eigenvalue weighted by molar-refractivity contribution is 7.86. The average Bonchev–Trinajstić information content (AvgIpc) is 3.22. The van der Waals surface area contributed by atoms with Gasteiger partial charge in [-0.15, -0.1) is 0 Å². The lowest BCUT2D eigenvalue weighted by atomic mass is 9.89. The number of aliphatic hydroxyl groups is 7. The van der Waals surface area contributed by atoms with Crippen molar-refractivity contribution in [1.82, 2.24) is 0 Å². The number of phenolic OH excluding ortho intramolecular Hbond substituents is 1. The molecule has 4 unspecified atom stereocenters. The van der Waals surface area contributed by atoms with E-state index in [2.05, 4.69) is 0 Å². The van der Waals surface area contributed by atoms with Crippen LogP contribution in [-0.4, -0.2) is 135 Å². The fraction of sp³-hybridized carbons (Fsp3) is 0.366. The summed E-state index contributed by atoms with van der Waals surface area (Å²) in [4.78, 5) is 27.1. The molecule has 9 N–H and O–H groups in total. The summed E-state index contributed by atoms with van der Waals surface area (Å²) in [6, 6.07) is 23.5. The first kappa shape index (κ1) is 42.4. The zero-order valence-corrected chi connectivity index (χ0v) is 31.7. The molecular weight excluding hydrogens is 798 g/mol. The second-order valence-electron chi connectivity index (χ2n) is 14.5. The highest BCUT2D eigenvalue weighted by Crippen LogP contribution is 2.46. The molecule has 14 atom stereocenters. The Kier molecular flexibility index (Phi) is 12.6. The van der Waals surface area contributed by atoms with Gasteiger partial charge in [-0.3, -0.25) is 9.00 Å². The van der Waals surface area contributed by atoms with Gasteiger partial charge in [-0.2, -0.15) is 0 Å². The molecule has 3 fully saturated rings. The first-order valence-electron chi connectivity index (χ1n) is 18.5. The van der Waals surface area contributed by atoms with Gasteiger partial charge < -0.3 is 65.1 Å². The highest BCUT2D eigenvalue weighted by Gasteiger charge is 2.54. The molecule has 3 heterocycles. The monoisotopic (exact) mass is 839 g/mol. The fourth-order valence-electron chi connectivity index (χ4n) is 7.58. The van der Waals surface area contributed by atoms with Crippen molar-refractivity contribution in [2.24, 2.45) is 0 Å². The number of para-hydroxylation sites is 1. The Labute approximate surface area is 338 Å². The third-order valence-electron chi connectivity index (χ3n) is 10.8. The van der Waals surface area contributed by atoms with Crippen LogP contribution in [0.25, 0.3) is 11.1 Å². The van der Waals surface area contributed by atoms with E-state index in [1.165, 1.54) is 23.1 Å². The fourth-order valence-corrected chi connectivity index (χ4v) is 9.25. The topological polar surface area (TPSA) is 264 Å². The number of nitrogens with zero attached hydrogens (tertiary/aromatic N) is 1. The number of carbonyl (C=O) groups excluding carboxylic acids is 1. The van der Waals surface area contributed by atoms with Gasteiger partial charge in [0.05, 0.1) is 24.5 Å². The molecule has 0 radical (unpaired) electrons. The number of hydrogen-bond donors (Lipinski definition) is 9. The maximum absolute atomic E-state index is 14.4. The summed E-state index contributed by atoms with van der Waals surface area (Å²) in [7, 11) is -2.15. The molecule has 0 spiro atoms. The van der Waals surface area contributed by atoms with Gasteiger partial charge >= 0.3 is 5.97 Å². The number of carboxylic acids is 1. The summed E-state index contributed by atoms with van der Waals surface area (Å²) in [5.41, 5.74) is 2.48. The molecule has 3 saturated heterocycles. The van der Waals surface area contributed by atoms with Crippen LogP contribution in [0.1, 0.15) is 34.9 Å². The van der Waals surface area contributed by atoms with Crippen molar-refractivity contribution in [3.05, 3.63) is 120 Å². The van der Waals surface area contributed by atoms with Crippen molar-refractivity contribution < 1.29 is 78.4 Å². The number of halogens is 1. The smallest absolute Gasteiger partial charge is 0.335 e. The van der Waals surface area contributed by atoms with E-state index in [-0.39, 0.29) is 16.9 Å². The second kappa shape index (κ2) is 17.5. The molecule has 59 heavy (non-hydrogen) atoms. The lowest BCUT2D eigenvalue weighted by Crippen LogP contribution is -2.62. The molecule has 18 heteroatoms. The Hall–Kier alpha value is -4.70. The van der Waals surface area contributed by atoms with Gasteiger partial charge in [0, 0.05) is 22.1 Å². The number of benzene rings is 4. The van der Waals surface area contributed by atoms with Crippen LogP contribution in [0.4, 0.5) is 10.1 Å². The number of aliphatic carboxylic acids is 1. The van der Waals surface area contributed by atoms with Gasteiger partial charge in [0.15, 0.2) is 12.4 Å². The van der Waals surface area contributed by atoms with E-state index < -0.39 is 119 Å². The summed E-state index contributed by atoms with van der Waals surface area (Å²) in [6.07, 6.45) is -17.9. The SMILES string of the molecule is O=C(O)C1O[C@@H](O[C@@H](CS(=O)[C@H]2C(=O)N(c3ccccc3)[C@@H]2c2ccc(-c3ccc(C4O[C@H](CO)[C@@H](O)[C@H](O)[C@H]4O)cc3)cc2O)c2ccc(F)cc2)C(O)[C@@H](O)[C@H]1O. The van der Waals surface area contributed by atoms with Gasteiger partial charge in [0.1, 0.15) is 65.6 Å². The van der Waals surface area contributed by atoms with E-state index in [9.17, 15) is 64.1 Å². The van der Waals surface area contributed by atoms with Crippen molar-refractivity contribution in [2.45, 2.75) is 78.6 Å². The van der Waals surface area contributed by atoms with E-state index in [0.717, 1.165) is 12.1 Å². The second-order valence-corrected chi connectivity index (χ2v) is 16.1. The summed E-state index contributed by atoms with van der Waals surface area (Å²) >= 11 is 0. The minimum absolute atomic E-state index is 0.205. The van der Waals surface area contributed by atoms with Gasteiger partial charge in [0.2, 0.25) is 5.91 Å². The van der Waals surface area contributed by atoms with Crippen molar-refractivity contribution >= 4 is 28.4 Å². The molecular formula is C41H42FNO15S. The van der Waals surface area contributed by atoms with Crippen LogP contribution in [0, 0.1) is 5.82 Å². The first-order valence-corrected chi connectivity index (χ1v) is 19.9. The van der Waals surface area contributed by atoms with Gasteiger partial charge in [-0.05, 0) is 52.6 Å². The zero-order valence-electron chi connectivity index (χ0n) is 30.9. The number of carbonyl (C=O) groups is 2. The van der Waals surface area contributed by atoms with Crippen molar-refractivity contribution in [3.8, 4) is 16.9 Å². The average molecular weight is 840 g/mol. The number of aliphatic hydroxyl groups excluding tert-OH is 7. The Morgan fingerprint density at radius 1 is 0.797 bits per heavy atom. The van der Waals surface area contributed by atoms with Crippen LogP contribution in [0.5, 0.6) is 5.75 Å². The van der Waals surface area contributed by atoms with Crippen molar-refractivity contribution in [3.63, 3.8) is 0 Å². The predicted molar refractivity (Wildman–Crippen MR) is 204 cm³/mol. The molecule has 4 aromatic rings. The number of rotatable bonds is 12. The van der Waals surface area contributed by atoms with E-state index >= 15 is 0 Å². The Balaban J connectivity index is 1.16. The van der Waals surface area contributed by atoms with Crippen molar-refractivity contribution in [1.29, 1.82) is 0 Å². The van der Waals surface area contributed by atoms with Crippen LogP contribution in [0.2, 0.25) is 0 Å². The third kappa shape index (κ3) is 8.26. The van der Waals surface area contributed by atoms with Gasteiger partial charge in [0.25, 0.3) is 0 Å². The van der Waals surface area contributed by atoms with Gasteiger partial charge in [-0.1, -0.05) is 66.7 Å². The van der Waals surface area contributed by atoms with Crippen molar-refractivity contribution in [2.75, 3.05) is 17.3 Å². The first-order chi connectivity index (χ1) is 28.2. The van der Waals surface area contributed by atoms with Crippen LogP contribution in [0.3, 0.4) is 0 Å². The zero-order chi connectivity index (χ0) is 42.3. The molecule has 7 rings (SSSR count).